The lowest BCUT2D eigenvalue weighted by Crippen LogP contribution is -2.49. The van der Waals surface area contributed by atoms with E-state index in [4.69, 9.17) is 4.74 Å². The quantitative estimate of drug-likeness (QED) is 0.863. The van der Waals surface area contributed by atoms with E-state index in [0.717, 1.165) is 31.2 Å². The Hall–Kier alpha value is -1.20. The maximum absolute atomic E-state index is 5.82. The topological polar surface area (TPSA) is 50.3 Å². The van der Waals surface area contributed by atoms with Gasteiger partial charge in [0.2, 0.25) is 0 Å². The van der Waals surface area contributed by atoms with Crippen molar-refractivity contribution in [2.75, 3.05) is 25.1 Å². The molecule has 0 amide bonds. The van der Waals surface area contributed by atoms with E-state index in [2.05, 4.69) is 32.5 Å². The molecule has 1 aliphatic carbocycles. The molecule has 1 aromatic heterocycles. The fourth-order valence-electron chi connectivity index (χ4n) is 2.99. The van der Waals surface area contributed by atoms with Gasteiger partial charge >= 0.3 is 0 Å². The van der Waals surface area contributed by atoms with E-state index in [1.165, 1.54) is 19.3 Å². The van der Waals surface area contributed by atoms with Crippen molar-refractivity contribution in [3.63, 3.8) is 0 Å². The Balaban J connectivity index is 1.76. The predicted molar refractivity (Wildman–Crippen MR) is 69.5 cm³/mol. The third-order valence-electron chi connectivity index (χ3n) is 3.84. The standard InChI is InChI=1S/C13H20N4O/c1-14-9-10-5-6-13(16-15-10)17-7-8-18-12-4-2-3-11(12)17/h5-6,11-12,14H,2-4,7-9H2,1H3. The van der Waals surface area contributed by atoms with Crippen molar-refractivity contribution in [1.82, 2.24) is 15.5 Å². The molecule has 2 unspecified atom stereocenters. The number of aromatic nitrogens is 2. The fourth-order valence-corrected chi connectivity index (χ4v) is 2.99. The summed E-state index contributed by atoms with van der Waals surface area (Å²) in [4.78, 5) is 2.37. The summed E-state index contributed by atoms with van der Waals surface area (Å²) in [6, 6.07) is 4.64. The summed E-state index contributed by atoms with van der Waals surface area (Å²) in [7, 11) is 1.92. The van der Waals surface area contributed by atoms with Crippen LogP contribution in [0.1, 0.15) is 25.0 Å². The molecule has 1 aromatic rings. The SMILES string of the molecule is CNCc1ccc(N2CCOC3CCCC32)nn1. The van der Waals surface area contributed by atoms with E-state index in [1.54, 1.807) is 0 Å². The van der Waals surface area contributed by atoms with Crippen molar-refractivity contribution < 1.29 is 4.74 Å². The van der Waals surface area contributed by atoms with Crippen LogP contribution in [0.15, 0.2) is 12.1 Å². The van der Waals surface area contributed by atoms with Crippen LogP contribution in [0.25, 0.3) is 0 Å². The van der Waals surface area contributed by atoms with Gasteiger partial charge in [-0.25, -0.2) is 0 Å². The van der Waals surface area contributed by atoms with Crippen LogP contribution in [-0.2, 0) is 11.3 Å². The first-order valence-electron chi connectivity index (χ1n) is 6.74. The van der Waals surface area contributed by atoms with Gasteiger partial charge in [-0.05, 0) is 38.4 Å². The van der Waals surface area contributed by atoms with E-state index in [0.29, 0.717) is 12.1 Å². The molecule has 5 heteroatoms. The summed E-state index contributed by atoms with van der Waals surface area (Å²) in [5, 5.41) is 11.7. The van der Waals surface area contributed by atoms with Crippen LogP contribution in [0.2, 0.25) is 0 Å². The molecule has 1 N–H and O–H groups in total. The van der Waals surface area contributed by atoms with E-state index < -0.39 is 0 Å². The minimum atomic E-state index is 0.400. The highest BCUT2D eigenvalue weighted by Gasteiger charge is 2.36. The minimum absolute atomic E-state index is 0.400. The zero-order valence-electron chi connectivity index (χ0n) is 10.8. The van der Waals surface area contributed by atoms with E-state index in [1.807, 2.05) is 7.05 Å². The second-order valence-electron chi connectivity index (χ2n) is 5.01. The lowest BCUT2D eigenvalue weighted by molar-refractivity contribution is 0.0252. The number of nitrogens with zero attached hydrogens (tertiary/aromatic N) is 3. The first-order chi connectivity index (χ1) is 8.88. The molecule has 3 rings (SSSR count). The first-order valence-corrected chi connectivity index (χ1v) is 6.74. The van der Waals surface area contributed by atoms with Gasteiger partial charge in [0.25, 0.3) is 0 Å². The zero-order valence-corrected chi connectivity index (χ0v) is 10.8. The van der Waals surface area contributed by atoms with Crippen LogP contribution in [0.4, 0.5) is 5.82 Å². The molecule has 0 spiro atoms. The third-order valence-corrected chi connectivity index (χ3v) is 3.84. The van der Waals surface area contributed by atoms with Gasteiger partial charge in [0.15, 0.2) is 5.82 Å². The Morgan fingerprint density at radius 1 is 1.39 bits per heavy atom. The Bertz CT molecular complexity index is 394. The number of hydrogen-bond acceptors (Lipinski definition) is 5. The Morgan fingerprint density at radius 3 is 3.11 bits per heavy atom. The maximum Gasteiger partial charge on any atom is 0.151 e. The van der Waals surface area contributed by atoms with Crippen molar-refractivity contribution in [1.29, 1.82) is 0 Å². The average molecular weight is 248 g/mol. The van der Waals surface area contributed by atoms with Gasteiger partial charge < -0.3 is 15.0 Å². The summed E-state index contributed by atoms with van der Waals surface area (Å²) in [6.45, 7) is 2.50. The van der Waals surface area contributed by atoms with Gasteiger partial charge in [0.05, 0.1) is 24.4 Å². The van der Waals surface area contributed by atoms with Crippen LogP contribution >= 0.6 is 0 Å². The van der Waals surface area contributed by atoms with Crippen molar-refractivity contribution in [3.8, 4) is 0 Å². The van der Waals surface area contributed by atoms with Crippen LogP contribution < -0.4 is 10.2 Å². The third kappa shape index (κ3) is 2.20. The fraction of sp³-hybridized carbons (Fsp3) is 0.692. The molecule has 5 nitrogen and oxygen atoms in total. The molecule has 2 fully saturated rings. The Labute approximate surface area is 108 Å². The van der Waals surface area contributed by atoms with Crippen LogP contribution in [0.5, 0.6) is 0 Å². The molecule has 0 aromatic carbocycles. The van der Waals surface area contributed by atoms with Gasteiger partial charge in [-0.15, -0.1) is 5.10 Å². The summed E-state index contributed by atoms with van der Waals surface area (Å²) < 4.78 is 5.82. The summed E-state index contributed by atoms with van der Waals surface area (Å²) in [5.41, 5.74) is 0.984. The van der Waals surface area contributed by atoms with Crippen molar-refractivity contribution in [2.45, 2.75) is 38.0 Å². The molecule has 18 heavy (non-hydrogen) atoms. The molecular formula is C13H20N4O. The number of rotatable bonds is 3. The van der Waals surface area contributed by atoms with Gasteiger partial charge in [0, 0.05) is 13.1 Å². The second-order valence-corrected chi connectivity index (χ2v) is 5.01. The largest absolute Gasteiger partial charge is 0.374 e. The maximum atomic E-state index is 5.82. The van der Waals surface area contributed by atoms with Crippen LogP contribution in [-0.4, -0.2) is 42.5 Å². The predicted octanol–water partition coefficient (Wildman–Crippen LogP) is 0.954. The number of fused-ring (bicyclic) bond motifs is 1. The number of hydrogen-bond donors (Lipinski definition) is 1. The van der Waals surface area contributed by atoms with Crippen molar-refractivity contribution in [2.24, 2.45) is 0 Å². The summed E-state index contributed by atoms with van der Waals surface area (Å²) in [5.74, 6) is 0.995. The van der Waals surface area contributed by atoms with Crippen LogP contribution in [0.3, 0.4) is 0 Å². The van der Waals surface area contributed by atoms with E-state index >= 15 is 0 Å². The van der Waals surface area contributed by atoms with Gasteiger partial charge in [-0.1, -0.05) is 0 Å². The summed E-state index contributed by atoms with van der Waals surface area (Å²) >= 11 is 0. The molecule has 1 saturated heterocycles. The second kappa shape index (κ2) is 5.20. The minimum Gasteiger partial charge on any atom is -0.374 e. The van der Waals surface area contributed by atoms with Crippen molar-refractivity contribution >= 4 is 5.82 Å². The molecular weight excluding hydrogens is 228 g/mol. The summed E-state index contributed by atoms with van der Waals surface area (Å²) in [6.07, 6.45) is 4.06. The number of morpholine rings is 1. The molecule has 0 radical (unpaired) electrons. The lowest BCUT2D eigenvalue weighted by Gasteiger charge is -2.38. The Kier molecular flexibility index (Phi) is 3.43. The lowest BCUT2D eigenvalue weighted by atomic mass is 10.1. The highest BCUT2D eigenvalue weighted by Crippen LogP contribution is 2.31. The first kappa shape index (κ1) is 11.9. The molecule has 1 saturated carbocycles. The number of nitrogens with one attached hydrogen (secondary N) is 1. The Morgan fingerprint density at radius 2 is 2.33 bits per heavy atom. The van der Waals surface area contributed by atoms with E-state index in [-0.39, 0.29) is 0 Å². The molecule has 0 bridgehead atoms. The van der Waals surface area contributed by atoms with Gasteiger partial charge in [-0.2, -0.15) is 5.10 Å². The molecule has 2 aliphatic rings. The number of ether oxygens (including phenoxy) is 1. The molecule has 2 atom stereocenters. The van der Waals surface area contributed by atoms with Crippen LogP contribution in [0, 0.1) is 0 Å². The monoisotopic (exact) mass is 248 g/mol. The van der Waals surface area contributed by atoms with Crippen molar-refractivity contribution in [3.05, 3.63) is 17.8 Å². The highest BCUT2D eigenvalue weighted by molar-refractivity contribution is 5.40. The zero-order chi connectivity index (χ0) is 12.4. The average Bonchev–Trinajstić information content (AvgIpc) is 2.88. The smallest absolute Gasteiger partial charge is 0.151 e. The highest BCUT2D eigenvalue weighted by atomic mass is 16.5. The molecule has 1 aliphatic heterocycles. The van der Waals surface area contributed by atoms with Gasteiger partial charge in [-0.3, -0.25) is 0 Å². The molecule has 2 heterocycles. The molecule has 98 valence electrons. The number of anilines is 1. The normalized spacial score (nSPS) is 27.3. The van der Waals surface area contributed by atoms with Gasteiger partial charge in [0.1, 0.15) is 0 Å². The van der Waals surface area contributed by atoms with E-state index in [9.17, 15) is 0 Å².